The number of ketones is 1. The lowest BCUT2D eigenvalue weighted by atomic mass is 9.82. The fraction of sp³-hybridized carbons (Fsp3) is 0.889. The van der Waals surface area contributed by atoms with Crippen LogP contribution in [0.5, 0.6) is 0 Å². The van der Waals surface area contributed by atoms with Crippen molar-refractivity contribution in [2.45, 2.75) is 32.6 Å². The van der Waals surface area contributed by atoms with Gasteiger partial charge in [0.25, 0.3) is 0 Å². The predicted octanol–water partition coefficient (Wildman–Crippen LogP) is 1.78. The Balaban J connectivity index is 2.00. The minimum atomic E-state index is 0.275. The van der Waals surface area contributed by atoms with E-state index in [1.54, 1.807) is 0 Å². The normalized spacial score (nSPS) is 17.9. The molecule has 1 aliphatic rings. The molecule has 1 aliphatic carbocycles. The van der Waals surface area contributed by atoms with Crippen LogP contribution < -0.4 is 0 Å². The lowest BCUT2D eigenvalue weighted by Gasteiger charge is -2.24. The maximum absolute atomic E-state index is 11.1. The highest BCUT2D eigenvalue weighted by Crippen LogP contribution is 2.29. The standard InChI is InChI=1S/C9H16O2/c1-2-11-7-9(10)6-8-4-3-5-8/h8H,2-7H2,1H3. The van der Waals surface area contributed by atoms with Crippen molar-refractivity contribution in [2.75, 3.05) is 13.2 Å². The molecule has 0 aromatic rings. The van der Waals surface area contributed by atoms with Gasteiger partial charge in [-0.15, -0.1) is 0 Å². The molecule has 2 nitrogen and oxygen atoms in total. The molecular weight excluding hydrogens is 140 g/mol. The maximum atomic E-state index is 11.1. The number of ether oxygens (including phenoxy) is 1. The van der Waals surface area contributed by atoms with E-state index in [2.05, 4.69) is 0 Å². The summed E-state index contributed by atoms with van der Waals surface area (Å²) in [6.45, 7) is 2.89. The van der Waals surface area contributed by atoms with Gasteiger partial charge in [0.1, 0.15) is 6.61 Å². The van der Waals surface area contributed by atoms with Gasteiger partial charge in [-0.2, -0.15) is 0 Å². The quantitative estimate of drug-likeness (QED) is 0.606. The van der Waals surface area contributed by atoms with Gasteiger partial charge in [-0.1, -0.05) is 19.3 Å². The van der Waals surface area contributed by atoms with Crippen molar-refractivity contribution in [3.05, 3.63) is 0 Å². The van der Waals surface area contributed by atoms with E-state index >= 15 is 0 Å². The van der Waals surface area contributed by atoms with E-state index in [1.807, 2.05) is 6.92 Å². The molecule has 0 bridgehead atoms. The van der Waals surface area contributed by atoms with E-state index in [1.165, 1.54) is 19.3 Å². The topological polar surface area (TPSA) is 26.3 Å². The smallest absolute Gasteiger partial charge is 0.158 e. The molecule has 2 heteroatoms. The third kappa shape index (κ3) is 3.02. The van der Waals surface area contributed by atoms with Gasteiger partial charge < -0.3 is 4.74 Å². The molecular formula is C9H16O2. The Bertz CT molecular complexity index is 128. The molecule has 0 amide bonds. The van der Waals surface area contributed by atoms with Crippen LogP contribution in [0.25, 0.3) is 0 Å². The highest BCUT2D eigenvalue weighted by molar-refractivity contribution is 5.79. The summed E-state index contributed by atoms with van der Waals surface area (Å²) in [5.74, 6) is 0.958. The second kappa shape index (κ2) is 4.50. The van der Waals surface area contributed by atoms with E-state index in [0.717, 1.165) is 6.42 Å². The van der Waals surface area contributed by atoms with Gasteiger partial charge in [0.15, 0.2) is 5.78 Å². The van der Waals surface area contributed by atoms with Crippen molar-refractivity contribution < 1.29 is 9.53 Å². The number of hydrogen-bond acceptors (Lipinski definition) is 2. The summed E-state index contributed by atoms with van der Waals surface area (Å²) >= 11 is 0. The Hall–Kier alpha value is -0.370. The second-order valence-corrected chi connectivity index (χ2v) is 3.18. The van der Waals surface area contributed by atoms with Gasteiger partial charge in [0.05, 0.1) is 0 Å². The maximum Gasteiger partial charge on any atom is 0.158 e. The highest BCUT2D eigenvalue weighted by Gasteiger charge is 2.20. The second-order valence-electron chi connectivity index (χ2n) is 3.18. The first kappa shape index (κ1) is 8.72. The first-order valence-electron chi connectivity index (χ1n) is 4.42. The zero-order chi connectivity index (χ0) is 8.10. The largest absolute Gasteiger partial charge is 0.374 e. The molecule has 0 aromatic heterocycles. The molecule has 1 saturated carbocycles. The van der Waals surface area contributed by atoms with Crippen molar-refractivity contribution in [1.82, 2.24) is 0 Å². The summed E-state index contributed by atoms with van der Waals surface area (Å²) in [6.07, 6.45) is 4.56. The van der Waals surface area contributed by atoms with Crippen molar-refractivity contribution in [3.63, 3.8) is 0 Å². The van der Waals surface area contributed by atoms with Gasteiger partial charge in [0.2, 0.25) is 0 Å². The van der Waals surface area contributed by atoms with Crippen molar-refractivity contribution in [2.24, 2.45) is 5.92 Å². The van der Waals surface area contributed by atoms with Crippen LogP contribution in [0.4, 0.5) is 0 Å². The van der Waals surface area contributed by atoms with Gasteiger partial charge in [-0.05, 0) is 12.8 Å². The van der Waals surface area contributed by atoms with Crippen LogP contribution in [-0.4, -0.2) is 19.0 Å². The Morgan fingerprint density at radius 3 is 2.73 bits per heavy atom. The van der Waals surface area contributed by atoms with Gasteiger partial charge >= 0.3 is 0 Å². The molecule has 0 aliphatic heterocycles. The molecule has 0 radical (unpaired) electrons. The van der Waals surface area contributed by atoms with E-state index in [4.69, 9.17) is 4.74 Å². The molecule has 1 fully saturated rings. The molecule has 0 saturated heterocycles. The van der Waals surface area contributed by atoms with Gasteiger partial charge in [-0.3, -0.25) is 4.79 Å². The summed E-state index contributed by atoms with van der Waals surface area (Å²) < 4.78 is 5.02. The van der Waals surface area contributed by atoms with Crippen LogP contribution in [-0.2, 0) is 9.53 Å². The van der Waals surface area contributed by atoms with E-state index in [9.17, 15) is 4.79 Å². The van der Waals surface area contributed by atoms with Crippen LogP contribution in [0.15, 0.2) is 0 Å². The van der Waals surface area contributed by atoms with Crippen LogP contribution >= 0.6 is 0 Å². The van der Waals surface area contributed by atoms with Crippen LogP contribution in [0, 0.1) is 5.92 Å². The van der Waals surface area contributed by atoms with Crippen molar-refractivity contribution >= 4 is 5.78 Å². The predicted molar refractivity (Wildman–Crippen MR) is 43.5 cm³/mol. The fourth-order valence-electron chi connectivity index (χ4n) is 1.29. The van der Waals surface area contributed by atoms with Crippen LogP contribution in [0.3, 0.4) is 0 Å². The summed E-state index contributed by atoms with van der Waals surface area (Å²) in [4.78, 5) is 11.1. The van der Waals surface area contributed by atoms with E-state index in [0.29, 0.717) is 19.1 Å². The Labute approximate surface area is 67.9 Å². The number of rotatable bonds is 5. The van der Waals surface area contributed by atoms with Gasteiger partial charge in [0, 0.05) is 13.0 Å². The van der Waals surface area contributed by atoms with Crippen molar-refractivity contribution in [1.29, 1.82) is 0 Å². The summed E-state index contributed by atoms with van der Waals surface area (Å²) in [5, 5.41) is 0. The van der Waals surface area contributed by atoms with E-state index in [-0.39, 0.29) is 5.78 Å². The summed E-state index contributed by atoms with van der Waals surface area (Å²) in [7, 11) is 0. The van der Waals surface area contributed by atoms with Gasteiger partial charge in [-0.25, -0.2) is 0 Å². The first-order chi connectivity index (χ1) is 5.33. The minimum Gasteiger partial charge on any atom is -0.374 e. The molecule has 1 rings (SSSR count). The SMILES string of the molecule is CCOCC(=O)CC1CCC1. The molecule has 0 unspecified atom stereocenters. The molecule has 0 aromatic carbocycles. The number of carbonyl (C=O) groups is 1. The summed E-state index contributed by atoms with van der Waals surface area (Å²) in [5.41, 5.74) is 0. The van der Waals surface area contributed by atoms with Crippen molar-refractivity contribution in [3.8, 4) is 0 Å². The summed E-state index contributed by atoms with van der Waals surface area (Å²) in [6, 6.07) is 0. The zero-order valence-electron chi connectivity index (χ0n) is 7.14. The lowest BCUT2D eigenvalue weighted by molar-refractivity contribution is -0.124. The fourth-order valence-corrected chi connectivity index (χ4v) is 1.29. The number of Topliss-reactive ketones (excluding diaryl/α,β-unsaturated/α-hetero) is 1. The molecule has 0 atom stereocenters. The number of carbonyl (C=O) groups excluding carboxylic acids is 1. The number of hydrogen-bond donors (Lipinski definition) is 0. The molecule has 0 N–H and O–H groups in total. The Kier molecular flexibility index (Phi) is 3.57. The Morgan fingerprint density at radius 2 is 2.27 bits per heavy atom. The Morgan fingerprint density at radius 1 is 1.55 bits per heavy atom. The average molecular weight is 156 g/mol. The third-order valence-corrected chi connectivity index (χ3v) is 2.21. The molecule has 0 spiro atoms. The third-order valence-electron chi connectivity index (χ3n) is 2.21. The molecule has 64 valence electrons. The van der Waals surface area contributed by atoms with Crippen LogP contribution in [0.1, 0.15) is 32.6 Å². The lowest BCUT2D eigenvalue weighted by Crippen LogP contribution is -2.18. The monoisotopic (exact) mass is 156 g/mol. The first-order valence-corrected chi connectivity index (χ1v) is 4.42. The van der Waals surface area contributed by atoms with E-state index < -0.39 is 0 Å². The molecule has 0 heterocycles. The minimum absolute atomic E-state index is 0.275. The van der Waals surface area contributed by atoms with Crippen LogP contribution in [0.2, 0.25) is 0 Å². The molecule has 11 heavy (non-hydrogen) atoms. The average Bonchev–Trinajstić information content (AvgIpc) is 1.93. The highest BCUT2D eigenvalue weighted by atomic mass is 16.5. The zero-order valence-corrected chi connectivity index (χ0v) is 7.14.